The molecule has 1 N–H and O–H groups in total. The highest BCUT2D eigenvalue weighted by Gasteiger charge is 2.34. The van der Waals surface area contributed by atoms with E-state index in [2.05, 4.69) is 20.1 Å². The highest BCUT2D eigenvalue weighted by Crippen LogP contribution is 2.32. The first-order valence-corrected chi connectivity index (χ1v) is 8.82. The van der Waals surface area contributed by atoms with Gasteiger partial charge in [-0.3, -0.25) is 4.79 Å². The Labute approximate surface area is 141 Å². The van der Waals surface area contributed by atoms with Crippen molar-refractivity contribution in [3.05, 3.63) is 11.6 Å². The molecule has 2 aliphatic heterocycles. The molecule has 0 aliphatic carbocycles. The smallest absolute Gasteiger partial charge is 0.407 e. The summed E-state index contributed by atoms with van der Waals surface area (Å²) in [6.07, 6.45) is 5.72. The van der Waals surface area contributed by atoms with Crippen LogP contribution in [-0.4, -0.2) is 51.4 Å². The van der Waals surface area contributed by atoms with Crippen LogP contribution in [-0.2, 0) is 22.5 Å². The molecule has 1 aromatic heterocycles. The molecule has 1 fully saturated rings. The number of aryl methyl sites for hydroxylation is 1. The Kier molecular flexibility index (Phi) is 5.32. The number of rotatable bonds is 4. The van der Waals surface area contributed by atoms with Crippen molar-refractivity contribution in [1.29, 1.82) is 0 Å². The molecule has 24 heavy (non-hydrogen) atoms. The van der Waals surface area contributed by atoms with Crippen LogP contribution in [0, 0.1) is 0 Å². The van der Waals surface area contributed by atoms with Crippen molar-refractivity contribution < 1.29 is 14.3 Å². The van der Waals surface area contributed by atoms with Crippen LogP contribution < -0.4 is 5.32 Å². The Hall–Kier alpha value is -2.12. The maximum atomic E-state index is 12.5. The Bertz CT molecular complexity index is 601. The molecule has 2 aliphatic rings. The van der Waals surface area contributed by atoms with E-state index in [0.717, 1.165) is 50.3 Å². The summed E-state index contributed by atoms with van der Waals surface area (Å²) >= 11 is 0. The largest absolute Gasteiger partial charge is 0.450 e. The number of likely N-dealkylation sites (tertiary alicyclic amines) is 1. The fourth-order valence-electron chi connectivity index (χ4n) is 3.52. The number of ether oxygens (including phenoxy) is 1. The fourth-order valence-corrected chi connectivity index (χ4v) is 3.52. The molecular weight excluding hydrogens is 310 g/mol. The van der Waals surface area contributed by atoms with E-state index < -0.39 is 6.09 Å². The molecule has 3 rings (SSSR count). The summed E-state index contributed by atoms with van der Waals surface area (Å²) in [4.78, 5) is 25.7. The lowest BCUT2D eigenvalue weighted by molar-refractivity contribution is -0.131. The number of hydrogen-bond donors (Lipinski definition) is 1. The van der Waals surface area contributed by atoms with Crippen molar-refractivity contribution in [2.24, 2.45) is 0 Å². The zero-order valence-corrected chi connectivity index (χ0v) is 14.2. The summed E-state index contributed by atoms with van der Waals surface area (Å²) in [5, 5.41) is 11.2. The van der Waals surface area contributed by atoms with Gasteiger partial charge in [0.1, 0.15) is 12.4 Å². The number of carbonyl (C=O) groups is 2. The van der Waals surface area contributed by atoms with Gasteiger partial charge in [-0.25, -0.2) is 4.79 Å². The molecule has 3 heterocycles. The SMILES string of the molecule is CCOC(=O)NCC(=O)N1CCCC1c1nnc2n1CCCCC2. The van der Waals surface area contributed by atoms with Crippen LogP contribution in [0.15, 0.2) is 0 Å². The molecule has 2 amide bonds. The predicted octanol–water partition coefficient (Wildman–Crippen LogP) is 1.41. The van der Waals surface area contributed by atoms with Crippen LogP contribution in [0.5, 0.6) is 0 Å². The minimum Gasteiger partial charge on any atom is -0.450 e. The fraction of sp³-hybridized carbons (Fsp3) is 0.750. The number of carbonyl (C=O) groups excluding carboxylic acids is 2. The number of hydrogen-bond acceptors (Lipinski definition) is 5. The third kappa shape index (κ3) is 3.52. The normalized spacial score (nSPS) is 20.4. The predicted molar refractivity (Wildman–Crippen MR) is 86.3 cm³/mol. The molecule has 0 radical (unpaired) electrons. The van der Waals surface area contributed by atoms with Crippen LogP contribution >= 0.6 is 0 Å². The molecule has 1 atom stereocenters. The maximum absolute atomic E-state index is 12.5. The molecule has 0 bridgehead atoms. The maximum Gasteiger partial charge on any atom is 0.407 e. The van der Waals surface area contributed by atoms with Gasteiger partial charge < -0.3 is 19.5 Å². The van der Waals surface area contributed by atoms with Gasteiger partial charge in [0.2, 0.25) is 5.91 Å². The Morgan fingerprint density at radius 3 is 2.92 bits per heavy atom. The molecule has 1 saturated heterocycles. The molecule has 1 aromatic rings. The highest BCUT2D eigenvalue weighted by molar-refractivity contribution is 5.82. The van der Waals surface area contributed by atoms with Crippen molar-refractivity contribution in [2.45, 2.75) is 58.0 Å². The Morgan fingerprint density at radius 1 is 1.21 bits per heavy atom. The lowest BCUT2D eigenvalue weighted by Gasteiger charge is -2.24. The van der Waals surface area contributed by atoms with Crippen molar-refractivity contribution in [2.75, 3.05) is 19.7 Å². The summed E-state index contributed by atoms with van der Waals surface area (Å²) < 4.78 is 6.99. The van der Waals surface area contributed by atoms with Gasteiger partial charge in [0.05, 0.1) is 12.6 Å². The van der Waals surface area contributed by atoms with Crippen molar-refractivity contribution in [3.63, 3.8) is 0 Å². The summed E-state index contributed by atoms with van der Waals surface area (Å²) in [7, 11) is 0. The van der Waals surface area contributed by atoms with Crippen LogP contribution in [0.2, 0.25) is 0 Å². The molecule has 1 unspecified atom stereocenters. The van der Waals surface area contributed by atoms with Gasteiger partial charge in [0.25, 0.3) is 0 Å². The standard InChI is InChI=1S/C16H25N5O3/c1-2-24-16(23)17-11-14(22)20-10-6-7-12(20)15-19-18-13-8-4-3-5-9-21(13)15/h12H,2-11H2,1H3,(H,17,23). The monoisotopic (exact) mass is 335 g/mol. The van der Waals surface area contributed by atoms with Crippen LogP contribution in [0.1, 0.15) is 56.7 Å². The van der Waals surface area contributed by atoms with Gasteiger partial charge in [-0.1, -0.05) is 6.42 Å². The lowest BCUT2D eigenvalue weighted by Crippen LogP contribution is -2.40. The van der Waals surface area contributed by atoms with E-state index in [4.69, 9.17) is 4.74 Å². The first-order chi connectivity index (χ1) is 11.7. The second-order valence-corrected chi connectivity index (χ2v) is 6.26. The van der Waals surface area contributed by atoms with Crippen LogP contribution in [0.3, 0.4) is 0 Å². The van der Waals surface area contributed by atoms with Gasteiger partial charge in [-0.2, -0.15) is 0 Å². The average Bonchev–Trinajstić information content (AvgIpc) is 3.14. The third-order valence-electron chi connectivity index (χ3n) is 4.67. The molecule has 8 nitrogen and oxygen atoms in total. The van der Waals surface area contributed by atoms with Crippen LogP contribution in [0.25, 0.3) is 0 Å². The Balaban J connectivity index is 1.68. The summed E-state index contributed by atoms with van der Waals surface area (Å²) in [6.45, 7) is 3.59. The van der Waals surface area contributed by atoms with Crippen molar-refractivity contribution in [3.8, 4) is 0 Å². The second kappa shape index (κ2) is 7.63. The minimum atomic E-state index is -0.557. The number of amides is 2. The zero-order valence-electron chi connectivity index (χ0n) is 14.2. The van der Waals surface area contributed by atoms with Gasteiger partial charge in [-0.15, -0.1) is 10.2 Å². The minimum absolute atomic E-state index is 0.0409. The van der Waals surface area contributed by atoms with Gasteiger partial charge >= 0.3 is 6.09 Å². The molecular formula is C16H25N5O3. The number of aromatic nitrogens is 3. The van der Waals surface area contributed by atoms with E-state index in [1.165, 1.54) is 6.42 Å². The molecule has 132 valence electrons. The first-order valence-electron chi connectivity index (χ1n) is 8.82. The van der Waals surface area contributed by atoms with Crippen LogP contribution in [0.4, 0.5) is 4.79 Å². The lowest BCUT2D eigenvalue weighted by atomic mass is 10.2. The molecule has 0 aromatic carbocycles. The highest BCUT2D eigenvalue weighted by atomic mass is 16.5. The topological polar surface area (TPSA) is 89.3 Å². The van der Waals surface area contributed by atoms with E-state index in [1.807, 2.05) is 4.90 Å². The summed E-state index contributed by atoms with van der Waals surface area (Å²) in [5.74, 6) is 1.83. The van der Waals surface area contributed by atoms with Crippen molar-refractivity contribution in [1.82, 2.24) is 25.0 Å². The van der Waals surface area contributed by atoms with Crippen molar-refractivity contribution >= 4 is 12.0 Å². The summed E-state index contributed by atoms with van der Waals surface area (Å²) in [6, 6.07) is -0.0409. The van der Waals surface area contributed by atoms with Gasteiger partial charge in [-0.05, 0) is 32.6 Å². The number of nitrogens with one attached hydrogen (secondary N) is 1. The third-order valence-corrected chi connectivity index (χ3v) is 4.67. The number of nitrogens with zero attached hydrogens (tertiary/aromatic N) is 4. The molecule has 8 heteroatoms. The number of fused-ring (bicyclic) bond motifs is 1. The first kappa shape index (κ1) is 16.7. The van der Waals surface area contributed by atoms with Gasteiger partial charge in [0.15, 0.2) is 5.82 Å². The van der Waals surface area contributed by atoms with E-state index in [9.17, 15) is 9.59 Å². The average molecular weight is 335 g/mol. The number of alkyl carbamates (subject to hydrolysis) is 1. The quantitative estimate of drug-likeness (QED) is 0.899. The van der Waals surface area contributed by atoms with E-state index >= 15 is 0 Å². The second-order valence-electron chi connectivity index (χ2n) is 6.26. The Morgan fingerprint density at radius 2 is 2.08 bits per heavy atom. The van der Waals surface area contributed by atoms with Gasteiger partial charge in [0, 0.05) is 19.5 Å². The summed E-state index contributed by atoms with van der Waals surface area (Å²) in [5.41, 5.74) is 0. The van der Waals surface area contributed by atoms with E-state index in [-0.39, 0.29) is 25.1 Å². The van der Waals surface area contributed by atoms with E-state index in [0.29, 0.717) is 6.54 Å². The zero-order chi connectivity index (χ0) is 16.9. The van der Waals surface area contributed by atoms with E-state index in [1.54, 1.807) is 6.92 Å². The molecule has 0 spiro atoms. The molecule has 0 saturated carbocycles.